The predicted molar refractivity (Wildman–Crippen MR) is 489 cm³/mol. The summed E-state index contributed by atoms with van der Waals surface area (Å²) in [6.45, 7) is 19.3. The minimum absolute atomic E-state index is 0.134. The molecular formula is C108H114O15. The third-order valence-electron chi connectivity index (χ3n) is 21.1. The van der Waals surface area contributed by atoms with Crippen molar-refractivity contribution in [3.63, 3.8) is 0 Å². The molecule has 15 heteroatoms. The molecule has 0 aliphatic heterocycles. The van der Waals surface area contributed by atoms with E-state index < -0.39 is 35.8 Å². The Balaban J connectivity index is 1.12. The molecule has 0 N–H and O–H groups in total. The van der Waals surface area contributed by atoms with Gasteiger partial charge >= 0.3 is 35.8 Å². The number of ether oxygens (including phenoxy) is 9. The monoisotopic (exact) mass is 1650 g/mol. The van der Waals surface area contributed by atoms with Crippen molar-refractivity contribution in [3.8, 4) is 70.0 Å². The van der Waals surface area contributed by atoms with Crippen LogP contribution in [0.4, 0.5) is 0 Å². The van der Waals surface area contributed by atoms with Crippen molar-refractivity contribution in [2.75, 3.05) is 39.6 Å². The van der Waals surface area contributed by atoms with Crippen LogP contribution in [-0.2, 0) is 47.9 Å². The zero-order valence-electron chi connectivity index (χ0n) is 71.6. The summed E-state index contributed by atoms with van der Waals surface area (Å²) in [5.41, 5.74) is 7.78. The zero-order valence-corrected chi connectivity index (χ0v) is 71.6. The Hall–Kier alpha value is -12.9. The summed E-state index contributed by atoms with van der Waals surface area (Å²) in [7, 11) is 0. The highest BCUT2D eigenvalue weighted by molar-refractivity contribution is 6.27. The van der Waals surface area contributed by atoms with Gasteiger partial charge in [-0.15, -0.1) is 0 Å². The molecule has 0 aromatic heterocycles. The largest absolute Gasteiger partial charge is 0.494 e. The second-order valence-corrected chi connectivity index (χ2v) is 30.6. The fourth-order valence-corrected chi connectivity index (χ4v) is 14.0. The van der Waals surface area contributed by atoms with E-state index in [-0.39, 0.29) is 33.9 Å². The third-order valence-corrected chi connectivity index (χ3v) is 21.1. The zero-order chi connectivity index (χ0) is 86.6. The summed E-state index contributed by atoms with van der Waals surface area (Å²) in [6.07, 6.45) is 29.6. The molecule has 0 heterocycles. The molecule has 0 aliphatic rings. The molecule has 0 saturated heterocycles. The number of carbonyl (C=O) groups excluding carboxylic acids is 6. The lowest BCUT2D eigenvalue weighted by molar-refractivity contribution is -0.138. The van der Waals surface area contributed by atoms with Gasteiger partial charge in [0.15, 0.2) is 0 Å². The first kappa shape index (κ1) is 92.4. The Kier molecular flexibility index (Phi) is 38.3. The summed E-state index contributed by atoms with van der Waals surface area (Å²) in [5, 5.41) is 3.68. The highest BCUT2D eigenvalue weighted by atomic mass is 16.6. The first-order valence-corrected chi connectivity index (χ1v) is 43.8. The summed E-state index contributed by atoms with van der Waals surface area (Å²) >= 11 is 0. The van der Waals surface area contributed by atoms with Gasteiger partial charge in [-0.1, -0.05) is 170 Å². The molecule has 636 valence electrons. The molecule has 0 saturated carbocycles. The van der Waals surface area contributed by atoms with Gasteiger partial charge in [-0.25, -0.2) is 28.8 Å². The van der Waals surface area contributed by atoms with Crippen LogP contribution in [0.25, 0.3) is 32.3 Å². The molecule has 15 nitrogen and oxygen atoms in total. The fraction of sp³-hybridized carbons (Fsp3) is 0.333. The van der Waals surface area contributed by atoms with Crippen LogP contribution >= 0.6 is 0 Å². The highest BCUT2D eigenvalue weighted by Gasteiger charge is 2.23. The summed E-state index contributed by atoms with van der Waals surface area (Å²) in [6, 6.07) is 56.3. The minimum Gasteiger partial charge on any atom is -0.494 e. The maximum Gasteiger partial charge on any atom is 0.343 e. The Bertz CT molecular complexity index is 5390. The van der Waals surface area contributed by atoms with E-state index in [1.165, 1.54) is 36.0 Å². The second-order valence-electron chi connectivity index (χ2n) is 30.6. The van der Waals surface area contributed by atoms with Crippen molar-refractivity contribution in [1.29, 1.82) is 0 Å². The van der Waals surface area contributed by atoms with E-state index in [1.807, 2.05) is 66.7 Å². The molecule has 0 aliphatic carbocycles. The molecule has 123 heavy (non-hydrogen) atoms. The molecule has 0 atom stereocenters. The summed E-state index contributed by atoms with van der Waals surface area (Å²) < 4.78 is 53.6. The van der Waals surface area contributed by atoms with Crippen molar-refractivity contribution in [3.05, 3.63) is 287 Å². The van der Waals surface area contributed by atoms with Gasteiger partial charge in [-0.2, -0.15) is 0 Å². The number of benzene rings is 10. The second kappa shape index (κ2) is 51.0. The Morgan fingerprint density at radius 2 is 0.504 bits per heavy atom. The van der Waals surface area contributed by atoms with Crippen molar-refractivity contribution in [2.45, 2.75) is 194 Å². The smallest absolute Gasteiger partial charge is 0.343 e. The lowest BCUT2D eigenvalue weighted by Gasteiger charge is -2.17. The maximum absolute atomic E-state index is 14.9. The van der Waals surface area contributed by atoms with Crippen LogP contribution in [0.5, 0.6) is 34.5 Å². The Morgan fingerprint density at radius 3 is 0.748 bits per heavy atom. The molecule has 10 rings (SSSR count). The number of fused-ring (bicyclic) bond motifs is 6. The summed E-state index contributed by atoms with van der Waals surface area (Å²) in [5.74, 6) is 19.5. The van der Waals surface area contributed by atoms with Gasteiger partial charge in [0.2, 0.25) is 0 Å². The SMILES string of the molecule is C=CC(=O)OCCCCCCOc1ccc(C(=O)Oc2cc3c(cc2C#Cc2ccc(CCCCCC)cc2)c2cc(C#Cc4ccc(CCCCCC)cc4)c(OC(=O)c4ccc(OCCCCCCOC(=O)C=C)cc4)cc2c2cc(OC(=O)c4ccc(OCCCCCCOC(=O)C=C)cc4)c(C#Cc4ccc(CCCCCC)cc4)cc32)cc1. The first-order chi connectivity index (χ1) is 60.2. The van der Waals surface area contributed by atoms with Crippen molar-refractivity contribution >= 4 is 68.1 Å². The number of hydrogen-bond donors (Lipinski definition) is 0. The van der Waals surface area contributed by atoms with E-state index in [9.17, 15) is 28.8 Å². The number of hydrogen-bond acceptors (Lipinski definition) is 15. The molecule has 0 spiro atoms. The molecule has 10 aromatic rings. The number of aryl methyl sites for hydroxylation is 3. The Morgan fingerprint density at radius 1 is 0.268 bits per heavy atom. The molecule has 0 fully saturated rings. The van der Waals surface area contributed by atoms with Gasteiger partial charge in [0, 0.05) is 34.9 Å². The topological polar surface area (TPSA) is 185 Å². The molecule has 10 aromatic carbocycles. The van der Waals surface area contributed by atoms with Gasteiger partial charge < -0.3 is 42.6 Å². The van der Waals surface area contributed by atoms with Gasteiger partial charge in [0.1, 0.15) is 34.5 Å². The number of rotatable bonds is 48. The minimum atomic E-state index is -0.663. The van der Waals surface area contributed by atoms with Crippen LogP contribution in [0.15, 0.2) is 220 Å². The quantitative estimate of drug-likeness (QED) is 0.00666. The highest BCUT2D eigenvalue weighted by Crippen LogP contribution is 2.44. The number of unbranched alkanes of at least 4 members (excludes halogenated alkanes) is 18. The van der Waals surface area contributed by atoms with Crippen molar-refractivity contribution in [1.82, 2.24) is 0 Å². The lowest BCUT2D eigenvalue weighted by Crippen LogP contribution is -2.10. The molecule has 0 amide bonds. The van der Waals surface area contributed by atoms with E-state index in [0.29, 0.717) is 106 Å². The molecular weight excluding hydrogens is 1540 g/mol. The van der Waals surface area contributed by atoms with Crippen LogP contribution in [-0.4, -0.2) is 75.5 Å². The maximum atomic E-state index is 14.9. The van der Waals surface area contributed by atoms with Crippen LogP contribution in [0.1, 0.15) is 256 Å². The van der Waals surface area contributed by atoms with Gasteiger partial charge in [-0.05, 0) is 310 Å². The average molecular weight is 1650 g/mol. The van der Waals surface area contributed by atoms with E-state index in [1.54, 1.807) is 78.9 Å². The molecule has 0 unspecified atom stereocenters. The normalized spacial score (nSPS) is 10.8. The van der Waals surface area contributed by atoms with Crippen LogP contribution in [0.2, 0.25) is 0 Å². The van der Waals surface area contributed by atoms with Crippen LogP contribution < -0.4 is 28.4 Å². The molecule has 0 radical (unpaired) electrons. The predicted octanol–water partition coefficient (Wildman–Crippen LogP) is 24.4. The number of carbonyl (C=O) groups is 6. The van der Waals surface area contributed by atoms with Crippen molar-refractivity contribution < 1.29 is 71.4 Å². The third kappa shape index (κ3) is 30.3. The fourth-order valence-electron chi connectivity index (χ4n) is 14.0. The van der Waals surface area contributed by atoms with Gasteiger partial charge in [0.25, 0.3) is 0 Å². The van der Waals surface area contributed by atoms with Crippen LogP contribution in [0, 0.1) is 35.5 Å². The van der Waals surface area contributed by atoms with E-state index >= 15 is 0 Å². The number of esters is 6. The first-order valence-electron chi connectivity index (χ1n) is 43.8. The molecule has 0 bridgehead atoms. The van der Waals surface area contributed by atoms with Gasteiger partial charge in [-0.3, -0.25) is 0 Å². The van der Waals surface area contributed by atoms with E-state index in [4.69, 9.17) is 42.6 Å². The van der Waals surface area contributed by atoms with E-state index in [2.05, 4.69) is 112 Å². The Labute approximate surface area is 725 Å². The standard InChI is InChI=1S/C108H114O15/c1-7-13-16-25-34-79-37-43-82(44-38-79)49-52-88-73-94-95-74-89(53-50-83-45-39-80(40-46-83)35-26-17-14-8-2)101(122-107(113)86-57-63-92(64-58-86)116-68-29-20-23-32-71-119-104(110)11-5)77-98(95)99-78-102(123-108(114)87-59-65-93(66-60-87)117-69-30-21-24-33-72-120-105(111)12-6)90(54-51-84-47-41-81(42-48-84)36-27-18-15-9-3)75-96(99)97(94)76-100(88)121-106(112)85-55-61-91(62-56-85)115-67-28-19-22-31-70-118-103(109)10-4/h10-12,37-48,55-66,73-78H,4-9,13-36,67-72H2,1-3H3. The summed E-state index contributed by atoms with van der Waals surface area (Å²) in [4.78, 5) is 79.3. The van der Waals surface area contributed by atoms with Crippen LogP contribution in [0.3, 0.4) is 0 Å². The van der Waals surface area contributed by atoms with Gasteiger partial charge in [0.05, 0.1) is 73.0 Å². The average Bonchev–Trinajstić information content (AvgIpc) is 0.722. The lowest BCUT2D eigenvalue weighted by atomic mass is 9.90. The van der Waals surface area contributed by atoms with Crippen molar-refractivity contribution in [2.24, 2.45) is 0 Å². The van der Waals surface area contributed by atoms with E-state index in [0.717, 1.165) is 189 Å².